The number of carboxylic acid groups (broad SMARTS) is 2. The van der Waals surface area contributed by atoms with E-state index in [1.807, 2.05) is 10.9 Å². The number of hydrogen-bond donors (Lipinski definition) is 4. The number of aryl methyl sites for hydroxylation is 2. The standard InChI is InChI=1S/C25H36N6O2.CH2O3/c1-4-31-23-21(16(2)29-31)22(28-18-8-6-5-7-9-18)19(15-27-23)20-14-25(33-30-20)12-10-17(11-13-25)24(32)26-3;2-1(3)4/h15,17-18H,4-14H2,1-3H3,(H,26,32)(H,27,28);(H2,2,3,4). The normalized spacial score (nSPS) is 23.6. The van der Waals surface area contributed by atoms with Gasteiger partial charge in [0.15, 0.2) is 5.65 Å². The molecule has 11 heteroatoms. The first-order valence-electron chi connectivity index (χ1n) is 13.3. The van der Waals surface area contributed by atoms with Gasteiger partial charge < -0.3 is 25.7 Å². The number of anilines is 1. The monoisotopic (exact) mass is 514 g/mol. The zero-order chi connectivity index (χ0) is 26.6. The fraction of sp³-hybridized carbons (Fsp3) is 0.654. The molecule has 37 heavy (non-hydrogen) atoms. The third-order valence-electron chi connectivity index (χ3n) is 7.85. The van der Waals surface area contributed by atoms with Crippen molar-refractivity contribution in [3.8, 4) is 0 Å². The van der Waals surface area contributed by atoms with E-state index in [9.17, 15) is 4.79 Å². The van der Waals surface area contributed by atoms with Crippen molar-refractivity contribution in [2.24, 2.45) is 11.1 Å². The third-order valence-corrected chi connectivity index (χ3v) is 7.85. The van der Waals surface area contributed by atoms with Crippen LogP contribution in [0.5, 0.6) is 0 Å². The van der Waals surface area contributed by atoms with Crippen LogP contribution in [0.3, 0.4) is 0 Å². The van der Waals surface area contributed by atoms with Gasteiger partial charge in [-0.05, 0) is 52.4 Å². The van der Waals surface area contributed by atoms with Gasteiger partial charge in [-0.3, -0.25) is 4.79 Å². The highest BCUT2D eigenvalue weighted by atomic mass is 16.7. The lowest BCUT2D eigenvalue weighted by Crippen LogP contribution is -2.39. The number of carbonyl (C=O) groups excluding carboxylic acids is 1. The van der Waals surface area contributed by atoms with Gasteiger partial charge in [-0.15, -0.1) is 0 Å². The highest BCUT2D eigenvalue weighted by Crippen LogP contribution is 2.43. The maximum Gasteiger partial charge on any atom is 0.503 e. The minimum Gasteiger partial charge on any atom is -0.450 e. The second-order valence-corrected chi connectivity index (χ2v) is 10.3. The molecule has 1 amide bonds. The molecule has 0 aromatic carbocycles. The Morgan fingerprint density at radius 3 is 2.46 bits per heavy atom. The van der Waals surface area contributed by atoms with Crippen LogP contribution in [0.25, 0.3) is 11.0 Å². The molecule has 0 atom stereocenters. The zero-order valence-corrected chi connectivity index (χ0v) is 21.9. The van der Waals surface area contributed by atoms with E-state index >= 15 is 0 Å². The average Bonchev–Trinajstić information content (AvgIpc) is 3.45. The molecule has 2 aromatic rings. The highest BCUT2D eigenvalue weighted by Gasteiger charge is 2.44. The molecular formula is C26H38N6O5. The number of fused-ring (bicyclic) bond motifs is 1. The lowest BCUT2D eigenvalue weighted by Gasteiger charge is -2.34. The summed E-state index contributed by atoms with van der Waals surface area (Å²) >= 11 is 0. The van der Waals surface area contributed by atoms with E-state index in [-0.39, 0.29) is 17.4 Å². The number of hydrogen-bond acceptors (Lipinski definition) is 7. The molecule has 2 aliphatic carbocycles. The zero-order valence-electron chi connectivity index (χ0n) is 21.9. The third kappa shape index (κ3) is 5.80. The summed E-state index contributed by atoms with van der Waals surface area (Å²) in [6.45, 7) is 4.96. The average molecular weight is 515 g/mol. The lowest BCUT2D eigenvalue weighted by atomic mass is 9.75. The Morgan fingerprint density at radius 1 is 1.16 bits per heavy atom. The number of oxime groups is 1. The van der Waals surface area contributed by atoms with Gasteiger partial charge in [0.25, 0.3) is 0 Å². The van der Waals surface area contributed by atoms with E-state index < -0.39 is 6.16 Å². The Hall–Kier alpha value is -3.37. The predicted molar refractivity (Wildman–Crippen MR) is 140 cm³/mol. The molecule has 4 N–H and O–H groups in total. The molecule has 0 saturated heterocycles. The summed E-state index contributed by atoms with van der Waals surface area (Å²) in [5.74, 6) is 0.221. The topological polar surface area (TPSA) is 151 Å². The first kappa shape index (κ1) is 26.7. The van der Waals surface area contributed by atoms with E-state index in [1.54, 1.807) is 7.05 Å². The van der Waals surface area contributed by atoms with Gasteiger partial charge in [0.1, 0.15) is 5.60 Å². The number of pyridine rings is 1. The molecule has 2 fully saturated rings. The van der Waals surface area contributed by atoms with Crippen LogP contribution in [0.2, 0.25) is 0 Å². The Morgan fingerprint density at radius 2 is 1.84 bits per heavy atom. The number of rotatable bonds is 5. The fourth-order valence-electron chi connectivity index (χ4n) is 5.90. The summed E-state index contributed by atoms with van der Waals surface area (Å²) in [5.41, 5.74) is 4.75. The van der Waals surface area contributed by atoms with Crippen molar-refractivity contribution in [3.63, 3.8) is 0 Å². The molecular weight excluding hydrogens is 476 g/mol. The molecule has 5 rings (SSSR count). The Balaban J connectivity index is 0.000000747. The van der Waals surface area contributed by atoms with Crippen LogP contribution in [-0.4, -0.2) is 61.4 Å². The van der Waals surface area contributed by atoms with Gasteiger partial charge in [0, 0.05) is 43.7 Å². The molecule has 0 unspecified atom stereocenters. The van der Waals surface area contributed by atoms with Crippen LogP contribution in [0, 0.1) is 12.8 Å². The predicted octanol–water partition coefficient (Wildman–Crippen LogP) is 4.53. The minimum absolute atomic E-state index is 0.0809. The Kier molecular flexibility index (Phi) is 8.19. The van der Waals surface area contributed by atoms with Crippen molar-refractivity contribution in [3.05, 3.63) is 17.5 Å². The number of amides is 1. The summed E-state index contributed by atoms with van der Waals surface area (Å²) in [5, 5.41) is 31.1. The lowest BCUT2D eigenvalue weighted by molar-refractivity contribution is -0.128. The van der Waals surface area contributed by atoms with Gasteiger partial charge >= 0.3 is 6.16 Å². The van der Waals surface area contributed by atoms with Gasteiger partial charge in [-0.2, -0.15) is 5.10 Å². The molecule has 0 bridgehead atoms. The van der Waals surface area contributed by atoms with Crippen LogP contribution in [0.1, 0.15) is 82.4 Å². The number of nitrogens with zero attached hydrogens (tertiary/aromatic N) is 4. The summed E-state index contributed by atoms with van der Waals surface area (Å²) in [6.07, 6.45) is 10.5. The molecule has 202 valence electrons. The smallest absolute Gasteiger partial charge is 0.450 e. The van der Waals surface area contributed by atoms with Crippen LogP contribution in [0.15, 0.2) is 11.4 Å². The number of carbonyl (C=O) groups is 2. The summed E-state index contributed by atoms with van der Waals surface area (Å²) < 4.78 is 1.98. The Labute approximate surface area is 216 Å². The van der Waals surface area contributed by atoms with E-state index in [0.717, 1.165) is 72.3 Å². The van der Waals surface area contributed by atoms with E-state index in [2.05, 4.69) is 29.6 Å². The molecule has 3 aliphatic rings. The SMILES string of the molecule is CCn1nc(C)c2c(NC3CCCCC3)c(C3=NOC4(CCC(C(=O)NC)CC4)C3)cnc21.O=C(O)O. The van der Waals surface area contributed by atoms with E-state index in [0.29, 0.717) is 6.04 Å². The van der Waals surface area contributed by atoms with Crippen LogP contribution in [-0.2, 0) is 16.2 Å². The molecule has 11 nitrogen and oxygen atoms in total. The van der Waals surface area contributed by atoms with Crippen molar-refractivity contribution >= 4 is 34.5 Å². The minimum atomic E-state index is -1.83. The molecule has 2 saturated carbocycles. The summed E-state index contributed by atoms with van der Waals surface area (Å²) in [6, 6.07) is 0.465. The summed E-state index contributed by atoms with van der Waals surface area (Å²) in [7, 11) is 1.71. The number of nitrogens with one attached hydrogen (secondary N) is 2. The van der Waals surface area contributed by atoms with Gasteiger partial charge in [-0.1, -0.05) is 24.4 Å². The van der Waals surface area contributed by atoms with Crippen molar-refractivity contribution in [2.45, 2.75) is 96.2 Å². The molecule has 0 radical (unpaired) electrons. The van der Waals surface area contributed by atoms with E-state index in [4.69, 9.17) is 29.9 Å². The van der Waals surface area contributed by atoms with Gasteiger partial charge in [0.05, 0.1) is 22.5 Å². The van der Waals surface area contributed by atoms with Gasteiger partial charge in [-0.25, -0.2) is 14.5 Å². The highest BCUT2D eigenvalue weighted by molar-refractivity contribution is 6.11. The molecule has 1 spiro atoms. The molecule has 3 heterocycles. The quantitative estimate of drug-likeness (QED) is 0.454. The maximum atomic E-state index is 12.1. The first-order chi connectivity index (χ1) is 17.8. The van der Waals surface area contributed by atoms with Crippen LogP contribution in [0.4, 0.5) is 10.5 Å². The van der Waals surface area contributed by atoms with E-state index in [1.165, 1.54) is 32.1 Å². The molecule has 2 aromatic heterocycles. The maximum absolute atomic E-state index is 12.1. The number of aromatic nitrogens is 3. The van der Waals surface area contributed by atoms with Crippen molar-refractivity contribution in [1.29, 1.82) is 0 Å². The second-order valence-electron chi connectivity index (χ2n) is 10.3. The van der Waals surface area contributed by atoms with Crippen LogP contribution < -0.4 is 10.6 Å². The molecule has 1 aliphatic heterocycles. The van der Waals surface area contributed by atoms with Crippen molar-refractivity contribution in [2.75, 3.05) is 12.4 Å². The van der Waals surface area contributed by atoms with Crippen molar-refractivity contribution in [1.82, 2.24) is 20.1 Å². The van der Waals surface area contributed by atoms with Gasteiger partial charge in [0.2, 0.25) is 5.91 Å². The van der Waals surface area contributed by atoms with Crippen LogP contribution >= 0.6 is 0 Å². The summed E-state index contributed by atoms with van der Waals surface area (Å²) in [4.78, 5) is 31.5. The first-order valence-corrected chi connectivity index (χ1v) is 13.3. The van der Waals surface area contributed by atoms with Crippen molar-refractivity contribution < 1.29 is 24.6 Å². The fourth-order valence-corrected chi connectivity index (χ4v) is 5.90. The second kappa shape index (κ2) is 11.4. The largest absolute Gasteiger partial charge is 0.503 e. The Bertz CT molecular complexity index is 1160.